The number of carbonyl (C=O) groups is 1. The number of hydrogen-bond acceptors (Lipinski definition) is 9. The molecule has 0 aliphatic carbocycles. The maximum atomic E-state index is 15.5. The van der Waals surface area contributed by atoms with E-state index in [1.165, 1.54) is 89.1 Å². The topological polar surface area (TPSA) is 149 Å². The van der Waals surface area contributed by atoms with Gasteiger partial charge < -0.3 is 24.1 Å². The standard InChI is InChI=1S/C44H34Cl4N2O10S2/c1-57-23-17-29-39(37(19-23)59-3)27-9-5-7-11-35(27)49(61(53,54)25-13-15-31(45)33(47)21-25)42(29)41(44(51)52)43-30-18-24(58-2)20-38(60-4)40(30)28-10-6-8-12-36(28)50(43)62(55,56)26-14-16-32(46)34(48)22-26/h5-22,41-43H,1-4H3,(H,51,52). The summed E-state index contributed by atoms with van der Waals surface area (Å²) in [5.74, 6) is -2.75. The number of sulfonamides is 2. The normalized spacial score (nSPS) is 16.0. The summed E-state index contributed by atoms with van der Waals surface area (Å²) in [6.45, 7) is 0. The summed E-state index contributed by atoms with van der Waals surface area (Å²) in [6.07, 6.45) is 0. The molecular formula is C44H34Cl4N2O10S2. The lowest BCUT2D eigenvalue weighted by Crippen LogP contribution is -2.50. The molecule has 12 nitrogen and oxygen atoms in total. The fourth-order valence-corrected chi connectivity index (χ4v) is 12.4. The van der Waals surface area contributed by atoms with Crippen molar-refractivity contribution in [2.24, 2.45) is 5.92 Å². The monoisotopic (exact) mass is 954 g/mol. The Morgan fingerprint density at radius 2 is 0.935 bits per heavy atom. The van der Waals surface area contributed by atoms with Gasteiger partial charge in [-0.1, -0.05) is 82.8 Å². The van der Waals surface area contributed by atoms with Crippen LogP contribution in [0.3, 0.4) is 0 Å². The van der Waals surface area contributed by atoms with Crippen LogP contribution in [0.15, 0.2) is 119 Å². The minimum Gasteiger partial charge on any atom is -0.497 e. The fourth-order valence-electron chi connectivity index (χ4n) is 8.31. The van der Waals surface area contributed by atoms with Crippen LogP contribution in [0, 0.1) is 5.92 Å². The molecule has 62 heavy (non-hydrogen) atoms. The van der Waals surface area contributed by atoms with Gasteiger partial charge in [-0.05, 0) is 71.8 Å². The van der Waals surface area contributed by atoms with E-state index in [2.05, 4.69) is 0 Å². The van der Waals surface area contributed by atoms with Gasteiger partial charge in [0, 0.05) is 34.4 Å². The zero-order chi connectivity index (χ0) is 44.4. The van der Waals surface area contributed by atoms with Gasteiger partial charge in [-0.2, -0.15) is 0 Å². The van der Waals surface area contributed by atoms with Crippen molar-refractivity contribution in [1.29, 1.82) is 0 Å². The van der Waals surface area contributed by atoms with E-state index in [4.69, 9.17) is 65.4 Å². The van der Waals surface area contributed by atoms with Crippen LogP contribution in [0.2, 0.25) is 20.1 Å². The van der Waals surface area contributed by atoms with E-state index in [9.17, 15) is 9.90 Å². The summed E-state index contributed by atoms with van der Waals surface area (Å²) < 4.78 is 87.4. The first kappa shape index (κ1) is 43.3. The van der Waals surface area contributed by atoms with Crippen LogP contribution in [-0.4, -0.2) is 56.4 Å². The summed E-state index contributed by atoms with van der Waals surface area (Å²) in [6, 6.07) is 23.2. The zero-order valence-corrected chi connectivity index (χ0v) is 37.6. The Bertz CT molecular complexity index is 2850. The number of rotatable bonds is 11. The van der Waals surface area contributed by atoms with E-state index in [0.29, 0.717) is 22.3 Å². The first-order valence-corrected chi connectivity index (χ1v) is 22.9. The van der Waals surface area contributed by atoms with E-state index in [0.717, 1.165) is 8.61 Å². The Morgan fingerprint density at radius 1 is 0.548 bits per heavy atom. The predicted molar refractivity (Wildman–Crippen MR) is 239 cm³/mol. The molecular weight excluding hydrogens is 922 g/mol. The largest absolute Gasteiger partial charge is 0.497 e. The van der Waals surface area contributed by atoms with Gasteiger partial charge in [0.2, 0.25) is 0 Å². The molecule has 2 heterocycles. The smallest absolute Gasteiger partial charge is 0.311 e. The van der Waals surface area contributed by atoms with Gasteiger partial charge in [0.1, 0.15) is 28.9 Å². The van der Waals surface area contributed by atoms with Crippen LogP contribution < -0.4 is 27.6 Å². The van der Waals surface area contributed by atoms with Crippen molar-refractivity contribution in [3.05, 3.63) is 140 Å². The number of para-hydroxylation sites is 2. The number of hydrogen-bond donors (Lipinski definition) is 1. The maximum absolute atomic E-state index is 15.5. The van der Waals surface area contributed by atoms with Gasteiger partial charge in [0.15, 0.2) is 0 Å². The summed E-state index contributed by atoms with van der Waals surface area (Å²) >= 11 is 25.4. The number of aliphatic carboxylic acids is 1. The number of benzene rings is 6. The van der Waals surface area contributed by atoms with E-state index < -0.39 is 44.0 Å². The summed E-state index contributed by atoms with van der Waals surface area (Å²) in [5.41, 5.74) is 1.79. The first-order valence-electron chi connectivity index (χ1n) is 18.5. The molecule has 2 unspecified atom stereocenters. The SMILES string of the molecule is COc1cc(OC)c2c(c1)C(C(C(=O)O)C1c3cc(OC)cc(OC)c3-c3ccccc3N1S(=O)(=O)c1ccc(Cl)c(Cl)c1)N(S(=O)(=O)c1ccc(Cl)c(Cl)c1)c1ccccc1-2. The molecule has 2 atom stereocenters. The minimum absolute atomic E-state index is 0.0596. The molecule has 0 radical (unpaired) electrons. The van der Waals surface area contributed by atoms with Crippen LogP contribution in [-0.2, 0) is 24.8 Å². The number of nitrogens with zero attached hydrogens (tertiary/aromatic N) is 2. The molecule has 0 fully saturated rings. The van der Waals surface area contributed by atoms with Gasteiger partial charge in [0.05, 0.1) is 81.8 Å². The number of methoxy groups -OCH3 is 4. The van der Waals surface area contributed by atoms with Crippen molar-refractivity contribution in [2.45, 2.75) is 21.9 Å². The van der Waals surface area contributed by atoms with Crippen LogP contribution in [0.4, 0.5) is 11.4 Å². The molecule has 2 aliphatic heterocycles. The van der Waals surface area contributed by atoms with Crippen molar-refractivity contribution in [3.8, 4) is 45.3 Å². The zero-order valence-electron chi connectivity index (χ0n) is 33.0. The van der Waals surface area contributed by atoms with E-state index in [1.54, 1.807) is 48.5 Å². The van der Waals surface area contributed by atoms with Crippen LogP contribution >= 0.6 is 46.4 Å². The number of fused-ring (bicyclic) bond motifs is 6. The highest BCUT2D eigenvalue weighted by Crippen LogP contribution is 2.60. The van der Waals surface area contributed by atoms with Gasteiger partial charge in [-0.15, -0.1) is 0 Å². The van der Waals surface area contributed by atoms with Gasteiger partial charge in [0.25, 0.3) is 20.0 Å². The van der Waals surface area contributed by atoms with E-state index in [-0.39, 0.29) is 75.4 Å². The Kier molecular flexibility index (Phi) is 11.5. The number of halogens is 4. The van der Waals surface area contributed by atoms with Crippen LogP contribution in [0.25, 0.3) is 22.3 Å². The van der Waals surface area contributed by atoms with Gasteiger partial charge >= 0.3 is 5.97 Å². The lowest BCUT2D eigenvalue weighted by Gasteiger charge is -2.48. The predicted octanol–water partition coefficient (Wildman–Crippen LogP) is 10.6. The molecule has 1 N–H and O–H groups in total. The molecule has 18 heteroatoms. The second-order valence-electron chi connectivity index (χ2n) is 14.1. The summed E-state index contributed by atoms with van der Waals surface area (Å²) in [7, 11) is -4.08. The molecule has 0 bridgehead atoms. The van der Waals surface area contributed by atoms with Crippen LogP contribution in [0.5, 0.6) is 23.0 Å². The Balaban J connectivity index is 1.55. The number of carboxylic acid groups (broad SMARTS) is 1. The van der Waals surface area contributed by atoms with Crippen molar-refractivity contribution >= 4 is 83.8 Å². The lowest BCUT2D eigenvalue weighted by atomic mass is 9.75. The van der Waals surface area contributed by atoms with Gasteiger partial charge in [-0.3, -0.25) is 13.4 Å². The second kappa shape index (κ2) is 16.4. The highest BCUT2D eigenvalue weighted by molar-refractivity contribution is 7.93. The first-order chi connectivity index (χ1) is 29.6. The van der Waals surface area contributed by atoms with Crippen molar-refractivity contribution in [2.75, 3.05) is 37.0 Å². The number of ether oxygens (including phenoxy) is 4. The van der Waals surface area contributed by atoms with Crippen molar-refractivity contribution in [1.82, 2.24) is 0 Å². The molecule has 8 rings (SSSR count). The third-order valence-electron chi connectivity index (χ3n) is 10.9. The minimum atomic E-state index is -4.85. The molecule has 6 aromatic rings. The third-order valence-corrected chi connectivity index (χ3v) is 16.0. The van der Waals surface area contributed by atoms with Gasteiger partial charge in [-0.25, -0.2) is 16.8 Å². The average molecular weight is 957 g/mol. The second-order valence-corrected chi connectivity index (χ2v) is 19.4. The molecule has 0 saturated heterocycles. The average Bonchev–Trinajstić information content (AvgIpc) is 3.26. The molecule has 0 saturated carbocycles. The summed E-state index contributed by atoms with van der Waals surface area (Å²) in [5, 5.41) is 11.9. The Labute approximate surface area is 377 Å². The lowest BCUT2D eigenvalue weighted by molar-refractivity contribution is -0.143. The summed E-state index contributed by atoms with van der Waals surface area (Å²) in [4.78, 5) is 14.1. The molecule has 6 aromatic carbocycles. The third kappa shape index (κ3) is 6.93. The number of carboxylic acids is 1. The van der Waals surface area contributed by atoms with Crippen molar-refractivity contribution in [3.63, 3.8) is 0 Å². The molecule has 0 aromatic heterocycles. The quantitative estimate of drug-likeness (QED) is 0.133. The highest BCUT2D eigenvalue weighted by atomic mass is 35.5. The van der Waals surface area contributed by atoms with Crippen LogP contribution in [0.1, 0.15) is 23.2 Å². The molecule has 0 amide bonds. The Hall–Kier alpha value is -5.35. The number of anilines is 2. The molecule has 0 spiro atoms. The van der Waals surface area contributed by atoms with E-state index >= 15 is 16.8 Å². The molecule has 2 aliphatic rings. The molecule has 320 valence electrons. The maximum Gasteiger partial charge on any atom is 0.311 e. The van der Waals surface area contributed by atoms with E-state index in [1.807, 2.05) is 0 Å². The van der Waals surface area contributed by atoms with Crippen molar-refractivity contribution < 1.29 is 45.7 Å². The Morgan fingerprint density at radius 3 is 1.27 bits per heavy atom. The fraction of sp³-hybridized carbons (Fsp3) is 0.159. The highest BCUT2D eigenvalue weighted by Gasteiger charge is 2.55.